The molecule has 0 bridgehead atoms. The average Bonchev–Trinajstić information content (AvgIpc) is 2.11. The molecule has 1 rings (SSSR count). The fourth-order valence-corrected chi connectivity index (χ4v) is 1.11. The number of halogens is 1. The molecule has 0 aliphatic carbocycles. The molecule has 0 fully saturated rings. The normalized spacial score (nSPS) is 9.08. The third-order valence-electron chi connectivity index (χ3n) is 1.42. The standard InChI is InChI=1S/C10H9ClOS/c11-9-4-5-10(12)8(7-9)3-1-2-6-13/h4-5,7,12-13H,2,6H2. The predicted octanol–water partition coefficient (Wildman–Crippen LogP) is 2.72. The van der Waals surface area contributed by atoms with E-state index in [-0.39, 0.29) is 5.75 Å². The van der Waals surface area contributed by atoms with Crippen LogP contribution in [0.4, 0.5) is 0 Å². The van der Waals surface area contributed by atoms with Crippen LogP contribution in [0.1, 0.15) is 12.0 Å². The molecule has 1 aromatic carbocycles. The first-order valence-corrected chi connectivity index (χ1v) is 4.83. The summed E-state index contributed by atoms with van der Waals surface area (Å²) in [5, 5.41) is 9.93. The van der Waals surface area contributed by atoms with Crippen molar-refractivity contribution in [2.45, 2.75) is 6.42 Å². The number of phenols is 1. The lowest BCUT2D eigenvalue weighted by Gasteiger charge is -1.96. The number of thiol groups is 1. The van der Waals surface area contributed by atoms with E-state index in [0.29, 0.717) is 22.8 Å². The van der Waals surface area contributed by atoms with Gasteiger partial charge in [-0.15, -0.1) is 0 Å². The van der Waals surface area contributed by atoms with Crippen molar-refractivity contribution in [3.8, 4) is 17.6 Å². The lowest BCUT2D eigenvalue weighted by atomic mass is 10.2. The van der Waals surface area contributed by atoms with Gasteiger partial charge in [0, 0.05) is 17.2 Å². The van der Waals surface area contributed by atoms with Crippen molar-refractivity contribution in [3.05, 3.63) is 28.8 Å². The van der Waals surface area contributed by atoms with Gasteiger partial charge in [-0.2, -0.15) is 12.6 Å². The molecule has 0 aliphatic heterocycles. The number of hydrogen-bond acceptors (Lipinski definition) is 2. The number of phenolic OH excluding ortho intramolecular Hbond substituents is 1. The highest BCUT2D eigenvalue weighted by Crippen LogP contribution is 2.20. The molecule has 0 aliphatic rings. The summed E-state index contributed by atoms with van der Waals surface area (Å²) in [6.45, 7) is 0. The highest BCUT2D eigenvalue weighted by Gasteiger charge is 1.97. The van der Waals surface area contributed by atoms with Crippen molar-refractivity contribution in [2.75, 3.05) is 5.75 Å². The second-order valence-electron chi connectivity index (χ2n) is 2.44. The van der Waals surface area contributed by atoms with Crippen molar-refractivity contribution in [1.29, 1.82) is 0 Å². The fraction of sp³-hybridized carbons (Fsp3) is 0.200. The number of benzene rings is 1. The first kappa shape index (κ1) is 10.3. The van der Waals surface area contributed by atoms with Gasteiger partial charge >= 0.3 is 0 Å². The quantitative estimate of drug-likeness (QED) is 0.542. The van der Waals surface area contributed by atoms with Gasteiger partial charge in [-0.3, -0.25) is 0 Å². The van der Waals surface area contributed by atoms with Gasteiger partial charge < -0.3 is 5.11 Å². The number of aromatic hydroxyl groups is 1. The van der Waals surface area contributed by atoms with Gasteiger partial charge in [0.2, 0.25) is 0 Å². The van der Waals surface area contributed by atoms with Crippen molar-refractivity contribution < 1.29 is 5.11 Å². The van der Waals surface area contributed by atoms with E-state index in [2.05, 4.69) is 24.5 Å². The Morgan fingerprint density at radius 2 is 2.23 bits per heavy atom. The van der Waals surface area contributed by atoms with E-state index in [4.69, 9.17) is 11.6 Å². The van der Waals surface area contributed by atoms with E-state index >= 15 is 0 Å². The molecule has 0 spiro atoms. The number of rotatable bonds is 1. The molecule has 68 valence electrons. The van der Waals surface area contributed by atoms with Gasteiger partial charge in [-0.05, 0) is 18.2 Å². The fourth-order valence-electron chi connectivity index (χ4n) is 0.822. The molecule has 0 radical (unpaired) electrons. The SMILES string of the molecule is Oc1ccc(Cl)cc1C#CCCS. The summed E-state index contributed by atoms with van der Waals surface area (Å²) < 4.78 is 0. The summed E-state index contributed by atoms with van der Waals surface area (Å²) in [6.07, 6.45) is 0.703. The summed E-state index contributed by atoms with van der Waals surface area (Å²) in [4.78, 5) is 0. The van der Waals surface area contributed by atoms with E-state index in [9.17, 15) is 5.11 Å². The highest BCUT2D eigenvalue weighted by molar-refractivity contribution is 7.80. The van der Waals surface area contributed by atoms with Crippen LogP contribution in [-0.4, -0.2) is 10.9 Å². The minimum Gasteiger partial charge on any atom is -0.507 e. The highest BCUT2D eigenvalue weighted by atomic mass is 35.5. The van der Waals surface area contributed by atoms with E-state index in [1.807, 2.05) is 0 Å². The minimum absolute atomic E-state index is 0.163. The van der Waals surface area contributed by atoms with Gasteiger partial charge in [0.25, 0.3) is 0 Å². The van der Waals surface area contributed by atoms with Crippen LogP contribution in [0.15, 0.2) is 18.2 Å². The Hall–Kier alpha value is -0.780. The van der Waals surface area contributed by atoms with Crippen LogP contribution in [0, 0.1) is 11.8 Å². The molecule has 0 amide bonds. The Labute approximate surface area is 88.1 Å². The summed E-state index contributed by atoms with van der Waals surface area (Å²) >= 11 is 9.76. The minimum atomic E-state index is 0.163. The van der Waals surface area contributed by atoms with E-state index < -0.39 is 0 Å². The Balaban J connectivity index is 2.89. The lowest BCUT2D eigenvalue weighted by molar-refractivity contribution is 0.473. The molecule has 0 saturated heterocycles. The summed E-state index contributed by atoms with van der Waals surface area (Å²) in [7, 11) is 0. The van der Waals surface area contributed by atoms with Crippen molar-refractivity contribution in [2.24, 2.45) is 0 Å². The summed E-state index contributed by atoms with van der Waals surface area (Å²) in [5.74, 6) is 6.58. The van der Waals surface area contributed by atoms with Gasteiger partial charge in [0.15, 0.2) is 0 Å². The second-order valence-corrected chi connectivity index (χ2v) is 3.32. The zero-order valence-corrected chi connectivity index (χ0v) is 8.57. The summed E-state index contributed by atoms with van der Waals surface area (Å²) in [5.41, 5.74) is 0.564. The van der Waals surface area contributed by atoms with Crippen LogP contribution in [0.3, 0.4) is 0 Å². The van der Waals surface area contributed by atoms with Crippen LogP contribution >= 0.6 is 24.2 Å². The molecular formula is C10H9ClOS. The Bertz CT molecular complexity index is 352. The molecule has 13 heavy (non-hydrogen) atoms. The zero-order valence-electron chi connectivity index (χ0n) is 6.92. The first-order chi connectivity index (χ1) is 6.24. The number of hydrogen-bond donors (Lipinski definition) is 2. The lowest BCUT2D eigenvalue weighted by Crippen LogP contribution is -1.77. The third-order valence-corrected chi connectivity index (χ3v) is 1.88. The second kappa shape index (κ2) is 5.06. The monoisotopic (exact) mass is 212 g/mol. The maximum atomic E-state index is 9.35. The third kappa shape index (κ3) is 3.22. The molecule has 1 N–H and O–H groups in total. The molecular weight excluding hydrogens is 204 g/mol. The molecule has 0 aromatic heterocycles. The molecule has 3 heteroatoms. The van der Waals surface area contributed by atoms with Crippen LogP contribution in [-0.2, 0) is 0 Å². The Morgan fingerprint density at radius 3 is 2.92 bits per heavy atom. The van der Waals surface area contributed by atoms with Gasteiger partial charge in [-0.1, -0.05) is 23.4 Å². The van der Waals surface area contributed by atoms with Gasteiger partial charge in [0.05, 0.1) is 5.56 Å². The average molecular weight is 213 g/mol. The Kier molecular flexibility index (Phi) is 4.01. The summed E-state index contributed by atoms with van der Waals surface area (Å²) in [6, 6.07) is 4.80. The Morgan fingerprint density at radius 1 is 1.46 bits per heavy atom. The molecule has 1 aromatic rings. The first-order valence-electron chi connectivity index (χ1n) is 3.82. The van der Waals surface area contributed by atoms with Crippen molar-refractivity contribution in [1.82, 2.24) is 0 Å². The van der Waals surface area contributed by atoms with Crippen molar-refractivity contribution >= 4 is 24.2 Å². The van der Waals surface area contributed by atoms with Gasteiger partial charge in [0.1, 0.15) is 5.75 Å². The largest absolute Gasteiger partial charge is 0.507 e. The van der Waals surface area contributed by atoms with Crippen LogP contribution in [0.25, 0.3) is 0 Å². The molecule has 1 nitrogen and oxygen atoms in total. The maximum absolute atomic E-state index is 9.35. The van der Waals surface area contributed by atoms with Crippen LogP contribution < -0.4 is 0 Å². The van der Waals surface area contributed by atoms with Crippen molar-refractivity contribution in [3.63, 3.8) is 0 Å². The van der Waals surface area contributed by atoms with E-state index in [0.717, 1.165) is 0 Å². The molecule has 0 heterocycles. The van der Waals surface area contributed by atoms with Crippen LogP contribution in [0.5, 0.6) is 5.75 Å². The van der Waals surface area contributed by atoms with Gasteiger partial charge in [-0.25, -0.2) is 0 Å². The van der Waals surface area contributed by atoms with E-state index in [1.54, 1.807) is 12.1 Å². The molecule has 0 saturated carbocycles. The predicted molar refractivity (Wildman–Crippen MR) is 58.5 cm³/mol. The maximum Gasteiger partial charge on any atom is 0.131 e. The van der Waals surface area contributed by atoms with E-state index in [1.165, 1.54) is 6.07 Å². The zero-order chi connectivity index (χ0) is 9.68. The smallest absolute Gasteiger partial charge is 0.131 e. The topological polar surface area (TPSA) is 20.2 Å². The molecule has 0 unspecified atom stereocenters. The van der Waals surface area contributed by atoms with Crippen LogP contribution in [0.2, 0.25) is 5.02 Å². The molecule has 0 atom stereocenters.